The molecule has 0 spiro atoms. The zero-order chi connectivity index (χ0) is 18.8. The van der Waals surface area contributed by atoms with E-state index in [1.165, 1.54) is 23.8 Å². The molecule has 2 N–H and O–H groups in total. The summed E-state index contributed by atoms with van der Waals surface area (Å²) in [7, 11) is 1.46. The summed E-state index contributed by atoms with van der Waals surface area (Å²) < 4.78 is 5.15. The van der Waals surface area contributed by atoms with Crippen molar-refractivity contribution in [3.8, 4) is 11.5 Å². The maximum Gasteiger partial charge on any atom is 0.323 e. The van der Waals surface area contributed by atoms with Gasteiger partial charge < -0.3 is 14.9 Å². The predicted octanol–water partition coefficient (Wildman–Crippen LogP) is 3.27. The molecule has 6 nitrogen and oxygen atoms in total. The van der Waals surface area contributed by atoms with E-state index >= 15 is 0 Å². The molecule has 7 heteroatoms. The van der Waals surface area contributed by atoms with Crippen molar-refractivity contribution in [1.29, 1.82) is 0 Å². The lowest BCUT2D eigenvalue weighted by Gasteiger charge is -2.29. The highest BCUT2D eigenvalue weighted by molar-refractivity contribution is 8.04. The van der Waals surface area contributed by atoms with Gasteiger partial charge in [-0.3, -0.25) is 14.5 Å². The van der Waals surface area contributed by atoms with Crippen molar-refractivity contribution >= 4 is 35.4 Å². The van der Waals surface area contributed by atoms with Gasteiger partial charge in [-0.15, -0.1) is 0 Å². The van der Waals surface area contributed by atoms with Crippen molar-refractivity contribution in [3.63, 3.8) is 0 Å². The summed E-state index contributed by atoms with van der Waals surface area (Å²) in [5.74, 6) is -1.09. The molecule has 0 aliphatic carbocycles. The first-order chi connectivity index (χ1) is 12.4. The number of phenolic OH excluding ortho intramolecular Hbond substituents is 1. The Balaban J connectivity index is 2.06. The zero-order valence-corrected chi connectivity index (χ0v) is 15.0. The Hall–Kier alpha value is -2.93. The number of carboxylic acids is 1. The van der Waals surface area contributed by atoms with Crippen LogP contribution in [0, 0.1) is 6.92 Å². The van der Waals surface area contributed by atoms with Crippen LogP contribution in [-0.4, -0.2) is 35.7 Å². The number of aromatic hydroxyl groups is 1. The van der Waals surface area contributed by atoms with Gasteiger partial charge in [0.05, 0.1) is 17.7 Å². The highest BCUT2D eigenvalue weighted by Crippen LogP contribution is 2.42. The Morgan fingerprint density at radius 3 is 2.73 bits per heavy atom. The fraction of sp³-hybridized carbons (Fsp3) is 0.158. The van der Waals surface area contributed by atoms with Crippen LogP contribution in [0.3, 0.4) is 0 Å². The van der Waals surface area contributed by atoms with E-state index in [1.807, 2.05) is 12.1 Å². The summed E-state index contributed by atoms with van der Waals surface area (Å²) in [6, 6.07) is 10.5. The molecule has 0 aromatic heterocycles. The number of carboxylic acid groups (broad SMARTS) is 1. The van der Waals surface area contributed by atoms with E-state index in [9.17, 15) is 14.7 Å². The van der Waals surface area contributed by atoms with Crippen LogP contribution in [0.1, 0.15) is 11.1 Å². The van der Waals surface area contributed by atoms with Crippen LogP contribution < -0.4 is 9.64 Å². The smallest absolute Gasteiger partial charge is 0.323 e. The zero-order valence-electron chi connectivity index (χ0n) is 14.2. The van der Waals surface area contributed by atoms with Gasteiger partial charge in [-0.1, -0.05) is 23.9 Å². The molecule has 1 aliphatic rings. The van der Waals surface area contributed by atoms with Gasteiger partial charge in [0.1, 0.15) is 6.54 Å². The number of phenols is 1. The summed E-state index contributed by atoms with van der Waals surface area (Å²) in [6.45, 7) is 1.33. The predicted molar refractivity (Wildman–Crippen MR) is 99.7 cm³/mol. The fourth-order valence-corrected chi connectivity index (χ4v) is 3.78. The highest BCUT2D eigenvalue weighted by atomic mass is 32.2. The van der Waals surface area contributed by atoms with Crippen LogP contribution in [0.2, 0.25) is 0 Å². The number of anilines is 1. The van der Waals surface area contributed by atoms with Crippen molar-refractivity contribution in [1.82, 2.24) is 0 Å². The number of hydrogen-bond donors (Lipinski definition) is 2. The quantitative estimate of drug-likeness (QED) is 0.802. The largest absolute Gasteiger partial charge is 0.504 e. The average Bonchev–Trinajstić information content (AvgIpc) is 2.61. The molecule has 0 bridgehead atoms. The van der Waals surface area contributed by atoms with Crippen LogP contribution >= 0.6 is 11.8 Å². The Morgan fingerprint density at radius 1 is 1.31 bits per heavy atom. The number of para-hydroxylation sites is 1. The first-order valence-electron chi connectivity index (χ1n) is 7.80. The number of methoxy groups -OCH3 is 1. The molecule has 1 amide bonds. The Kier molecular flexibility index (Phi) is 4.90. The molecule has 0 saturated heterocycles. The number of aliphatic carboxylic acids is 1. The summed E-state index contributed by atoms with van der Waals surface area (Å²) >= 11 is 1.29. The molecule has 134 valence electrons. The van der Waals surface area contributed by atoms with Crippen LogP contribution in [0.4, 0.5) is 5.69 Å². The van der Waals surface area contributed by atoms with Crippen molar-refractivity contribution in [2.45, 2.75) is 11.8 Å². The lowest BCUT2D eigenvalue weighted by atomic mass is 10.1. The van der Waals surface area contributed by atoms with E-state index in [1.54, 1.807) is 37.3 Å². The molecule has 1 heterocycles. The lowest BCUT2D eigenvalue weighted by molar-refractivity contribution is -0.136. The van der Waals surface area contributed by atoms with Crippen LogP contribution in [0.15, 0.2) is 46.2 Å². The van der Waals surface area contributed by atoms with Gasteiger partial charge in [-0.2, -0.15) is 0 Å². The third-order valence-corrected chi connectivity index (χ3v) is 5.01. The molecular weight excluding hydrogens is 354 g/mol. The number of nitrogens with zero attached hydrogens (tertiary/aromatic N) is 1. The van der Waals surface area contributed by atoms with Gasteiger partial charge in [-0.25, -0.2) is 0 Å². The van der Waals surface area contributed by atoms with Gasteiger partial charge in [0, 0.05) is 4.90 Å². The molecule has 3 rings (SSSR count). The second kappa shape index (κ2) is 7.13. The van der Waals surface area contributed by atoms with Gasteiger partial charge in [0.15, 0.2) is 11.5 Å². The topological polar surface area (TPSA) is 87.1 Å². The number of amides is 1. The summed E-state index contributed by atoms with van der Waals surface area (Å²) in [5.41, 5.74) is 1.89. The van der Waals surface area contributed by atoms with E-state index in [2.05, 4.69) is 0 Å². The Morgan fingerprint density at radius 2 is 2.04 bits per heavy atom. The first-order valence-corrected chi connectivity index (χ1v) is 8.62. The molecule has 0 saturated carbocycles. The number of rotatable bonds is 4. The number of benzene rings is 2. The number of hydrogen-bond acceptors (Lipinski definition) is 5. The summed E-state index contributed by atoms with van der Waals surface area (Å²) in [5, 5.41) is 19.1. The standard InChI is InChI=1S/C19H17NO5S/c1-11-7-12(8-14(25-2)18(11)23)9-16-19(24)20(10-17(21)22)13-5-3-4-6-15(13)26-16/h3-9,23H,10H2,1-2H3,(H,21,22). The number of ether oxygens (including phenoxy) is 1. The maximum atomic E-state index is 12.8. The molecule has 26 heavy (non-hydrogen) atoms. The second-order valence-corrected chi connectivity index (χ2v) is 6.84. The van der Waals surface area contributed by atoms with Crippen molar-refractivity contribution < 1.29 is 24.5 Å². The fourth-order valence-electron chi connectivity index (χ4n) is 2.72. The van der Waals surface area contributed by atoms with Gasteiger partial charge >= 0.3 is 5.97 Å². The number of fused-ring (bicyclic) bond motifs is 1. The Labute approximate surface area is 154 Å². The summed E-state index contributed by atoms with van der Waals surface area (Å²) in [6.07, 6.45) is 1.67. The van der Waals surface area contributed by atoms with Gasteiger partial charge in [-0.05, 0) is 48.4 Å². The van der Waals surface area contributed by atoms with Crippen molar-refractivity contribution in [2.24, 2.45) is 0 Å². The van der Waals surface area contributed by atoms with Crippen molar-refractivity contribution in [3.05, 3.63) is 52.4 Å². The number of aryl methyl sites for hydroxylation is 1. The molecular formula is C19H17NO5S. The molecule has 2 aromatic carbocycles. The lowest BCUT2D eigenvalue weighted by Crippen LogP contribution is -2.38. The number of carbonyl (C=O) groups excluding carboxylic acids is 1. The maximum absolute atomic E-state index is 12.8. The number of thioether (sulfide) groups is 1. The Bertz CT molecular complexity index is 922. The summed E-state index contributed by atoms with van der Waals surface area (Å²) in [4.78, 5) is 26.5. The second-order valence-electron chi connectivity index (χ2n) is 5.75. The normalized spacial score (nSPS) is 15.1. The van der Waals surface area contributed by atoms with Gasteiger partial charge in [0.25, 0.3) is 5.91 Å². The molecule has 1 aliphatic heterocycles. The van der Waals surface area contributed by atoms with Crippen LogP contribution in [0.5, 0.6) is 11.5 Å². The van der Waals surface area contributed by atoms with E-state index in [4.69, 9.17) is 9.84 Å². The minimum absolute atomic E-state index is 0.0510. The minimum atomic E-state index is -1.08. The van der Waals surface area contributed by atoms with Crippen LogP contribution in [0.25, 0.3) is 6.08 Å². The SMILES string of the molecule is COc1cc(C=C2Sc3ccccc3N(CC(=O)O)C2=O)cc(C)c1O. The first kappa shape index (κ1) is 17.9. The third kappa shape index (κ3) is 3.39. The average molecular weight is 371 g/mol. The molecule has 0 unspecified atom stereocenters. The minimum Gasteiger partial charge on any atom is -0.504 e. The third-order valence-electron chi connectivity index (χ3n) is 3.93. The van der Waals surface area contributed by atoms with E-state index in [0.717, 1.165) is 4.90 Å². The van der Waals surface area contributed by atoms with Crippen molar-refractivity contribution in [2.75, 3.05) is 18.6 Å². The highest BCUT2D eigenvalue weighted by Gasteiger charge is 2.30. The molecule has 2 aromatic rings. The van der Waals surface area contributed by atoms with E-state index in [-0.39, 0.29) is 11.7 Å². The van der Waals surface area contributed by atoms with E-state index in [0.29, 0.717) is 27.5 Å². The molecule has 0 fully saturated rings. The monoisotopic (exact) mass is 371 g/mol. The molecule has 0 atom stereocenters. The van der Waals surface area contributed by atoms with E-state index < -0.39 is 12.5 Å². The number of carbonyl (C=O) groups is 2. The van der Waals surface area contributed by atoms with Gasteiger partial charge in [0.2, 0.25) is 0 Å². The van der Waals surface area contributed by atoms with Crippen LogP contribution in [-0.2, 0) is 9.59 Å². The molecule has 0 radical (unpaired) electrons.